The summed E-state index contributed by atoms with van der Waals surface area (Å²) in [5, 5.41) is 18.1. The van der Waals surface area contributed by atoms with E-state index in [-0.39, 0.29) is 12.5 Å². The standard InChI is InChI=1S/C13H11N5OS/c19-13(14-8-11-15-17-18-16-11)12-10(6-7-20-12)9-4-2-1-3-5-9/h1-7H,8H2,(H,14,19)(H,15,16,17,18). The molecule has 0 fully saturated rings. The average Bonchev–Trinajstić information content (AvgIpc) is 3.17. The van der Waals surface area contributed by atoms with E-state index in [9.17, 15) is 4.79 Å². The molecular weight excluding hydrogens is 274 g/mol. The molecule has 0 aliphatic carbocycles. The molecule has 0 unspecified atom stereocenters. The Hall–Kier alpha value is -2.54. The number of aromatic amines is 1. The predicted molar refractivity (Wildman–Crippen MR) is 75.1 cm³/mol. The molecule has 0 atom stereocenters. The minimum absolute atomic E-state index is 0.136. The second-order valence-electron chi connectivity index (χ2n) is 4.04. The predicted octanol–water partition coefficient (Wildman–Crippen LogP) is 1.86. The fraction of sp³-hybridized carbons (Fsp3) is 0.0769. The molecule has 1 amide bonds. The lowest BCUT2D eigenvalue weighted by Gasteiger charge is -2.04. The molecule has 2 heterocycles. The maximum Gasteiger partial charge on any atom is 0.262 e. The van der Waals surface area contributed by atoms with E-state index in [2.05, 4.69) is 25.9 Å². The van der Waals surface area contributed by atoms with Crippen LogP contribution < -0.4 is 5.32 Å². The maximum atomic E-state index is 12.2. The number of H-pyrrole nitrogens is 1. The van der Waals surface area contributed by atoms with Crippen LogP contribution in [0.4, 0.5) is 0 Å². The Morgan fingerprint density at radius 1 is 1.25 bits per heavy atom. The van der Waals surface area contributed by atoms with Crippen LogP contribution >= 0.6 is 11.3 Å². The third-order valence-corrected chi connectivity index (χ3v) is 3.67. The van der Waals surface area contributed by atoms with Gasteiger partial charge in [0.15, 0.2) is 5.82 Å². The van der Waals surface area contributed by atoms with Gasteiger partial charge in [-0.3, -0.25) is 4.79 Å². The molecule has 2 aromatic heterocycles. The van der Waals surface area contributed by atoms with Gasteiger partial charge in [-0.15, -0.1) is 21.5 Å². The number of carbonyl (C=O) groups is 1. The molecule has 2 N–H and O–H groups in total. The number of nitrogens with zero attached hydrogens (tertiary/aromatic N) is 3. The van der Waals surface area contributed by atoms with E-state index in [0.29, 0.717) is 10.7 Å². The van der Waals surface area contributed by atoms with Crippen LogP contribution in [0.15, 0.2) is 41.8 Å². The number of nitrogens with one attached hydrogen (secondary N) is 2. The smallest absolute Gasteiger partial charge is 0.262 e. The summed E-state index contributed by atoms with van der Waals surface area (Å²) in [6.45, 7) is 0.251. The van der Waals surface area contributed by atoms with Gasteiger partial charge in [-0.2, -0.15) is 5.21 Å². The van der Waals surface area contributed by atoms with Crippen molar-refractivity contribution in [1.29, 1.82) is 0 Å². The molecule has 20 heavy (non-hydrogen) atoms. The van der Waals surface area contributed by atoms with Crippen molar-refractivity contribution in [2.75, 3.05) is 0 Å². The van der Waals surface area contributed by atoms with E-state index < -0.39 is 0 Å². The number of hydrogen-bond acceptors (Lipinski definition) is 5. The Morgan fingerprint density at radius 2 is 2.10 bits per heavy atom. The van der Waals surface area contributed by atoms with Crippen molar-refractivity contribution >= 4 is 17.2 Å². The molecule has 0 saturated heterocycles. The number of amides is 1. The van der Waals surface area contributed by atoms with Crippen LogP contribution in [-0.4, -0.2) is 26.5 Å². The van der Waals surface area contributed by atoms with E-state index >= 15 is 0 Å². The third-order valence-electron chi connectivity index (χ3n) is 2.75. The minimum atomic E-state index is -0.136. The summed E-state index contributed by atoms with van der Waals surface area (Å²) in [4.78, 5) is 12.9. The van der Waals surface area contributed by atoms with Gasteiger partial charge in [0.25, 0.3) is 5.91 Å². The van der Waals surface area contributed by atoms with Crippen LogP contribution in [0, 0.1) is 0 Å². The maximum absolute atomic E-state index is 12.2. The molecule has 6 nitrogen and oxygen atoms in total. The Kier molecular flexibility index (Phi) is 3.51. The molecule has 0 saturated carbocycles. The molecular formula is C13H11N5OS. The molecule has 7 heteroatoms. The van der Waals surface area contributed by atoms with Crippen molar-refractivity contribution in [3.63, 3.8) is 0 Å². The largest absolute Gasteiger partial charge is 0.344 e. The van der Waals surface area contributed by atoms with Crippen molar-refractivity contribution < 1.29 is 4.79 Å². The van der Waals surface area contributed by atoms with Crippen LogP contribution in [0.3, 0.4) is 0 Å². The van der Waals surface area contributed by atoms with Gasteiger partial charge in [0, 0.05) is 5.56 Å². The summed E-state index contributed by atoms with van der Waals surface area (Å²) >= 11 is 1.41. The summed E-state index contributed by atoms with van der Waals surface area (Å²) in [5.41, 5.74) is 1.96. The Labute approximate surface area is 118 Å². The number of hydrogen-bond donors (Lipinski definition) is 2. The van der Waals surface area contributed by atoms with Crippen LogP contribution in [0.2, 0.25) is 0 Å². The molecule has 0 radical (unpaired) electrons. The first-order chi connectivity index (χ1) is 9.84. The fourth-order valence-electron chi connectivity index (χ4n) is 1.83. The molecule has 100 valence electrons. The van der Waals surface area contributed by atoms with Gasteiger partial charge in [-0.05, 0) is 17.0 Å². The molecule has 0 aliphatic heterocycles. The number of carbonyl (C=O) groups excluding carboxylic acids is 1. The Morgan fingerprint density at radius 3 is 2.85 bits per heavy atom. The van der Waals surface area contributed by atoms with Gasteiger partial charge in [-0.25, -0.2) is 0 Å². The average molecular weight is 285 g/mol. The second kappa shape index (κ2) is 5.62. The SMILES string of the molecule is O=C(NCc1nn[nH]n1)c1sccc1-c1ccccc1. The van der Waals surface area contributed by atoms with Gasteiger partial charge in [0.1, 0.15) is 0 Å². The van der Waals surface area contributed by atoms with Crippen LogP contribution in [-0.2, 0) is 6.54 Å². The summed E-state index contributed by atoms with van der Waals surface area (Å²) in [5.74, 6) is 0.319. The lowest BCUT2D eigenvalue weighted by molar-refractivity contribution is 0.0954. The van der Waals surface area contributed by atoms with Crippen molar-refractivity contribution in [3.8, 4) is 11.1 Å². The minimum Gasteiger partial charge on any atom is -0.344 e. The van der Waals surface area contributed by atoms with E-state index in [1.807, 2.05) is 41.8 Å². The van der Waals surface area contributed by atoms with Crippen molar-refractivity contribution in [2.24, 2.45) is 0 Å². The summed E-state index contributed by atoms with van der Waals surface area (Å²) < 4.78 is 0. The van der Waals surface area contributed by atoms with E-state index in [1.54, 1.807) is 0 Å². The highest BCUT2D eigenvalue weighted by Gasteiger charge is 2.14. The Balaban J connectivity index is 1.77. The highest BCUT2D eigenvalue weighted by Crippen LogP contribution is 2.27. The van der Waals surface area contributed by atoms with Gasteiger partial charge in [0.2, 0.25) is 0 Å². The van der Waals surface area contributed by atoms with Gasteiger partial charge in [-0.1, -0.05) is 35.5 Å². The van der Waals surface area contributed by atoms with Crippen LogP contribution in [0.1, 0.15) is 15.5 Å². The topological polar surface area (TPSA) is 83.6 Å². The van der Waals surface area contributed by atoms with E-state index in [0.717, 1.165) is 11.1 Å². The quantitative estimate of drug-likeness (QED) is 0.766. The highest BCUT2D eigenvalue weighted by molar-refractivity contribution is 7.12. The molecule has 3 rings (SSSR count). The van der Waals surface area contributed by atoms with Crippen molar-refractivity contribution in [1.82, 2.24) is 25.9 Å². The summed E-state index contributed by atoms with van der Waals surface area (Å²) in [7, 11) is 0. The normalized spacial score (nSPS) is 10.4. The second-order valence-corrected chi connectivity index (χ2v) is 4.96. The first-order valence-corrected chi connectivity index (χ1v) is 6.86. The zero-order chi connectivity index (χ0) is 13.8. The first-order valence-electron chi connectivity index (χ1n) is 5.98. The molecule has 0 aliphatic rings. The fourth-order valence-corrected chi connectivity index (χ4v) is 2.66. The third kappa shape index (κ3) is 2.57. The zero-order valence-electron chi connectivity index (χ0n) is 10.4. The number of rotatable bonds is 4. The number of thiophene rings is 1. The monoisotopic (exact) mass is 285 g/mol. The van der Waals surface area contributed by atoms with Crippen molar-refractivity contribution in [3.05, 3.63) is 52.5 Å². The summed E-state index contributed by atoms with van der Waals surface area (Å²) in [6, 6.07) is 11.8. The van der Waals surface area contributed by atoms with Gasteiger partial charge in [0.05, 0.1) is 11.4 Å². The van der Waals surface area contributed by atoms with Crippen LogP contribution in [0.25, 0.3) is 11.1 Å². The molecule has 0 spiro atoms. The van der Waals surface area contributed by atoms with Crippen LogP contribution in [0.5, 0.6) is 0 Å². The molecule has 3 aromatic rings. The van der Waals surface area contributed by atoms with Gasteiger partial charge < -0.3 is 5.32 Å². The zero-order valence-corrected chi connectivity index (χ0v) is 11.2. The van der Waals surface area contributed by atoms with E-state index in [4.69, 9.17) is 0 Å². The first kappa shape index (κ1) is 12.5. The van der Waals surface area contributed by atoms with Gasteiger partial charge >= 0.3 is 0 Å². The lowest BCUT2D eigenvalue weighted by Crippen LogP contribution is -2.23. The number of benzene rings is 1. The van der Waals surface area contributed by atoms with Crippen molar-refractivity contribution in [2.45, 2.75) is 6.54 Å². The Bertz CT molecular complexity index is 693. The molecule has 0 bridgehead atoms. The van der Waals surface area contributed by atoms with E-state index in [1.165, 1.54) is 11.3 Å². The molecule has 1 aromatic carbocycles. The summed E-state index contributed by atoms with van der Waals surface area (Å²) in [6.07, 6.45) is 0. The number of aromatic nitrogens is 4. The lowest BCUT2D eigenvalue weighted by atomic mass is 10.1. The number of tetrazole rings is 1. The highest BCUT2D eigenvalue weighted by atomic mass is 32.1.